The Kier molecular flexibility index (Phi) is 3.97. The molecule has 0 spiro atoms. The standard InChI is InChI=1S/C16H13NO2/c18-16(13-17-19,15-9-5-2-6-10-15)12-11-14-7-3-1-4-8-14/h1-10,13,18-19H/b17-13+. The predicted octanol–water partition coefficient (Wildman–Crippen LogP) is 2.39. The molecule has 3 heteroatoms. The van der Waals surface area contributed by atoms with Gasteiger partial charge in [0.1, 0.15) is 0 Å². The second-order valence-corrected chi connectivity index (χ2v) is 3.99. The van der Waals surface area contributed by atoms with Gasteiger partial charge in [0.15, 0.2) is 5.60 Å². The van der Waals surface area contributed by atoms with E-state index in [-0.39, 0.29) is 0 Å². The van der Waals surface area contributed by atoms with Crippen molar-refractivity contribution in [3.63, 3.8) is 0 Å². The number of oxime groups is 1. The third-order valence-corrected chi connectivity index (χ3v) is 2.63. The Hall–Kier alpha value is -2.57. The van der Waals surface area contributed by atoms with Crippen LogP contribution in [0.3, 0.4) is 0 Å². The summed E-state index contributed by atoms with van der Waals surface area (Å²) >= 11 is 0. The fraction of sp³-hybridized carbons (Fsp3) is 0.0625. The lowest BCUT2D eigenvalue weighted by atomic mass is 9.95. The van der Waals surface area contributed by atoms with Crippen molar-refractivity contribution < 1.29 is 10.3 Å². The van der Waals surface area contributed by atoms with Crippen molar-refractivity contribution in [3.8, 4) is 11.8 Å². The third-order valence-electron chi connectivity index (χ3n) is 2.63. The minimum atomic E-state index is -1.61. The highest BCUT2D eigenvalue weighted by molar-refractivity contribution is 5.76. The van der Waals surface area contributed by atoms with Gasteiger partial charge >= 0.3 is 0 Å². The van der Waals surface area contributed by atoms with E-state index in [1.807, 2.05) is 36.4 Å². The van der Waals surface area contributed by atoms with E-state index in [0.717, 1.165) is 11.8 Å². The van der Waals surface area contributed by atoms with Crippen LogP contribution < -0.4 is 0 Å². The van der Waals surface area contributed by atoms with Gasteiger partial charge in [0.05, 0.1) is 6.21 Å². The molecule has 1 atom stereocenters. The zero-order valence-corrected chi connectivity index (χ0v) is 10.2. The van der Waals surface area contributed by atoms with Gasteiger partial charge < -0.3 is 10.3 Å². The summed E-state index contributed by atoms with van der Waals surface area (Å²) in [6.07, 6.45) is 1.01. The first-order chi connectivity index (χ1) is 9.24. The first-order valence-electron chi connectivity index (χ1n) is 5.79. The Balaban J connectivity index is 2.40. The van der Waals surface area contributed by atoms with E-state index in [1.165, 1.54) is 0 Å². The van der Waals surface area contributed by atoms with Crippen LogP contribution in [0.25, 0.3) is 0 Å². The Morgan fingerprint density at radius 1 is 0.947 bits per heavy atom. The molecule has 0 saturated heterocycles. The van der Waals surface area contributed by atoms with Crippen LogP contribution in [0.15, 0.2) is 65.8 Å². The molecule has 0 aromatic heterocycles. The fourth-order valence-corrected chi connectivity index (χ4v) is 1.64. The van der Waals surface area contributed by atoms with Crippen LogP contribution in [0.4, 0.5) is 0 Å². The second kappa shape index (κ2) is 5.85. The molecule has 0 saturated carbocycles. The van der Waals surface area contributed by atoms with E-state index in [0.29, 0.717) is 5.56 Å². The molecule has 3 nitrogen and oxygen atoms in total. The Labute approximate surface area is 111 Å². The maximum absolute atomic E-state index is 10.5. The van der Waals surface area contributed by atoms with Gasteiger partial charge in [-0.05, 0) is 12.1 Å². The predicted molar refractivity (Wildman–Crippen MR) is 73.9 cm³/mol. The summed E-state index contributed by atoms with van der Waals surface area (Å²) in [5.41, 5.74) is -0.273. The Morgan fingerprint density at radius 2 is 1.53 bits per heavy atom. The van der Waals surface area contributed by atoms with E-state index in [4.69, 9.17) is 5.21 Å². The second-order valence-electron chi connectivity index (χ2n) is 3.99. The normalized spacial score (nSPS) is 13.5. The number of benzene rings is 2. The average Bonchev–Trinajstić information content (AvgIpc) is 2.48. The summed E-state index contributed by atoms with van der Waals surface area (Å²) in [7, 11) is 0. The summed E-state index contributed by atoms with van der Waals surface area (Å²) in [5, 5.41) is 22.1. The van der Waals surface area contributed by atoms with E-state index in [2.05, 4.69) is 17.0 Å². The van der Waals surface area contributed by atoms with Crippen LogP contribution in [-0.4, -0.2) is 16.5 Å². The SMILES string of the molecule is O/N=C/C(O)(C#Cc1ccccc1)c1ccccc1. The molecule has 19 heavy (non-hydrogen) atoms. The minimum Gasteiger partial charge on any atom is -0.411 e. The highest BCUT2D eigenvalue weighted by Crippen LogP contribution is 2.18. The van der Waals surface area contributed by atoms with Crippen molar-refractivity contribution in [3.05, 3.63) is 71.8 Å². The third kappa shape index (κ3) is 3.21. The van der Waals surface area contributed by atoms with Gasteiger partial charge in [0.2, 0.25) is 0 Å². The van der Waals surface area contributed by atoms with Crippen LogP contribution in [0.5, 0.6) is 0 Å². The van der Waals surface area contributed by atoms with Crippen LogP contribution in [-0.2, 0) is 5.60 Å². The largest absolute Gasteiger partial charge is 0.411 e. The number of hydrogen-bond donors (Lipinski definition) is 2. The minimum absolute atomic E-state index is 0.552. The van der Waals surface area contributed by atoms with E-state index >= 15 is 0 Å². The molecular weight excluding hydrogens is 238 g/mol. The van der Waals surface area contributed by atoms with Crippen LogP contribution in [0.2, 0.25) is 0 Å². The van der Waals surface area contributed by atoms with E-state index in [9.17, 15) is 5.11 Å². The van der Waals surface area contributed by atoms with Crippen molar-refractivity contribution in [1.29, 1.82) is 0 Å². The molecule has 94 valence electrons. The summed E-state index contributed by atoms with van der Waals surface area (Å²) in [5.74, 6) is 5.59. The van der Waals surface area contributed by atoms with Gasteiger partial charge in [-0.2, -0.15) is 0 Å². The van der Waals surface area contributed by atoms with Crippen molar-refractivity contribution in [2.75, 3.05) is 0 Å². The molecule has 0 amide bonds. The maximum atomic E-state index is 10.5. The summed E-state index contributed by atoms with van der Waals surface area (Å²) in [4.78, 5) is 0. The van der Waals surface area contributed by atoms with Crippen molar-refractivity contribution in [1.82, 2.24) is 0 Å². The number of hydrogen-bond acceptors (Lipinski definition) is 3. The average molecular weight is 251 g/mol. The zero-order chi connectivity index (χ0) is 13.6. The molecule has 0 aliphatic heterocycles. The smallest absolute Gasteiger partial charge is 0.190 e. The van der Waals surface area contributed by atoms with Crippen molar-refractivity contribution >= 4 is 6.21 Å². The van der Waals surface area contributed by atoms with E-state index in [1.54, 1.807) is 24.3 Å². The topological polar surface area (TPSA) is 52.8 Å². The molecule has 2 N–H and O–H groups in total. The molecule has 1 unspecified atom stereocenters. The first kappa shape index (κ1) is 12.9. The van der Waals surface area contributed by atoms with Gasteiger partial charge in [-0.3, -0.25) is 0 Å². The van der Waals surface area contributed by atoms with Crippen LogP contribution in [0.1, 0.15) is 11.1 Å². The molecule has 0 radical (unpaired) electrons. The Bertz CT molecular complexity index is 611. The monoisotopic (exact) mass is 251 g/mol. The molecule has 0 fully saturated rings. The lowest BCUT2D eigenvalue weighted by molar-refractivity contribution is 0.174. The lowest BCUT2D eigenvalue weighted by Crippen LogP contribution is -2.25. The maximum Gasteiger partial charge on any atom is 0.190 e. The molecule has 2 aromatic carbocycles. The van der Waals surface area contributed by atoms with E-state index < -0.39 is 5.60 Å². The summed E-state index contributed by atoms with van der Waals surface area (Å²) < 4.78 is 0. The van der Waals surface area contributed by atoms with Gasteiger partial charge in [-0.1, -0.05) is 65.5 Å². The van der Waals surface area contributed by atoms with Gasteiger partial charge in [0.25, 0.3) is 0 Å². The zero-order valence-electron chi connectivity index (χ0n) is 10.2. The summed E-state index contributed by atoms with van der Waals surface area (Å²) in [6, 6.07) is 18.2. The number of nitrogens with zero attached hydrogens (tertiary/aromatic N) is 1. The van der Waals surface area contributed by atoms with Crippen LogP contribution in [0, 0.1) is 11.8 Å². The lowest BCUT2D eigenvalue weighted by Gasteiger charge is -2.16. The van der Waals surface area contributed by atoms with Gasteiger partial charge in [0, 0.05) is 11.1 Å². The fourth-order valence-electron chi connectivity index (χ4n) is 1.64. The molecule has 0 aliphatic carbocycles. The highest BCUT2D eigenvalue weighted by Gasteiger charge is 2.24. The number of rotatable bonds is 2. The van der Waals surface area contributed by atoms with Crippen LogP contribution >= 0.6 is 0 Å². The molecule has 2 aromatic rings. The molecular formula is C16H13NO2. The van der Waals surface area contributed by atoms with Gasteiger partial charge in [-0.15, -0.1) is 0 Å². The van der Waals surface area contributed by atoms with Gasteiger partial charge in [-0.25, -0.2) is 0 Å². The molecule has 0 bridgehead atoms. The molecule has 0 heterocycles. The molecule has 0 aliphatic rings. The quantitative estimate of drug-likeness (QED) is 0.372. The van der Waals surface area contributed by atoms with Crippen molar-refractivity contribution in [2.45, 2.75) is 5.60 Å². The van der Waals surface area contributed by atoms with Crippen molar-refractivity contribution in [2.24, 2.45) is 5.16 Å². The molecule has 2 rings (SSSR count). The Morgan fingerprint density at radius 3 is 2.11 bits per heavy atom. The highest BCUT2D eigenvalue weighted by atomic mass is 16.4. The summed E-state index contributed by atoms with van der Waals surface area (Å²) in [6.45, 7) is 0. The number of aliphatic hydroxyl groups is 1. The first-order valence-corrected chi connectivity index (χ1v) is 5.79.